The number of sulfone groups is 1. The van der Waals surface area contributed by atoms with Crippen LogP contribution in [0, 0.1) is 13.8 Å². The third kappa shape index (κ3) is 3.08. The highest BCUT2D eigenvalue weighted by atomic mass is 32.2. The van der Waals surface area contributed by atoms with Crippen LogP contribution in [-0.4, -0.2) is 43.8 Å². The van der Waals surface area contributed by atoms with Crippen LogP contribution in [0.1, 0.15) is 24.2 Å². The Bertz CT molecular complexity index is 642. The Hall–Kier alpha value is -1.09. The summed E-state index contributed by atoms with van der Waals surface area (Å²) in [5.41, 5.74) is 1.67. The van der Waals surface area contributed by atoms with Crippen LogP contribution in [0.15, 0.2) is 0 Å². The van der Waals surface area contributed by atoms with E-state index in [0.717, 1.165) is 0 Å². The molecular formula is C10H17N3O4S2. The Morgan fingerprint density at radius 1 is 1.26 bits per heavy atom. The molecule has 7 nitrogen and oxygen atoms in total. The molecule has 1 aromatic heterocycles. The number of anilines is 1. The number of hydrogen-bond acceptors (Lipinski definition) is 5. The van der Waals surface area contributed by atoms with E-state index in [4.69, 9.17) is 0 Å². The lowest BCUT2D eigenvalue weighted by molar-refractivity contribution is 0.555. The quantitative estimate of drug-likeness (QED) is 0.837. The number of hydrogen-bond donors (Lipinski definition) is 2. The van der Waals surface area contributed by atoms with Crippen LogP contribution in [0.2, 0.25) is 0 Å². The van der Waals surface area contributed by atoms with Gasteiger partial charge in [0.05, 0.1) is 33.8 Å². The van der Waals surface area contributed by atoms with Gasteiger partial charge in [0.1, 0.15) is 9.84 Å². The summed E-state index contributed by atoms with van der Waals surface area (Å²) >= 11 is 0. The molecule has 2 heterocycles. The number of aromatic amines is 1. The van der Waals surface area contributed by atoms with Crippen LogP contribution in [0.4, 0.5) is 5.69 Å². The first-order chi connectivity index (χ1) is 8.71. The first kappa shape index (κ1) is 14.3. The first-order valence-corrected chi connectivity index (χ1v) is 9.32. The van der Waals surface area contributed by atoms with Crippen molar-refractivity contribution < 1.29 is 16.8 Å². The molecule has 0 atom stereocenters. The number of sulfonamides is 1. The van der Waals surface area contributed by atoms with Gasteiger partial charge in [-0.3, -0.25) is 9.82 Å². The summed E-state index contributed by atoms with van der Waals surface area (Å²) in [5, 5.41) is 5.96. The minimum atomic E-state index is -3.58. The van der Waals surface area contributed by atoms with Crippen LogP contribution in [-0.2, 0) is 19.9 Å². The van der Waals surface area contributed by atoms with E-state index < -0.39 is 25.1 Å². The molecule has 0 spiro atoms. The number of aryl methyl sites for hydroxylation is 2. The molecule has 0 amide bonds. The average Bonchev–Trinajstić information content (AvgIpc) is 2.60. The van der Waals surface area contributed by atoms with Crippen molar-refractivity contribution in [3.8, 4) is 0 Å². The van der Waals surface area contributed by atoms with Crippen LogP contribution in [0.25, 0.3) is 0 Å². The molecule has 1 aliphatic heterocycles. The lowest BCUT2D eigenvalue weighted by atomic mass is 10.2. The molecule has 1 fully saturated rings. The van der Waals surface area contributed by atoms with E-state index in [1.54, 1.807) is 13.8 Å². The molecule has 1 aromatic rings. The van der Waals surface area contributed by atoms with E-state index in [2.05, 4.69) is 14.9 Å². The molecule has 0 radical (unpaired) electrons. The summed E-state index contributed by atoms with van der Waals surface area (Å²) < 4.78 is 49.6. The summed E-state index contributed by atoms with van der Waals surface area (Å²) in [6.07, 6.45) is 0.293. The van der Waals surface area contributed by atoms with E-state index in [0.29, 0.717) is 17.1 Å². The van der Waals surface area contributed by atoms with Crippen molar-refractivity contribution >= 4 is 25.5 Å². The third-order valence-corrected chi connectivity index (χ3v) is 6.87. The zero-order chi connectivity index (χ0) is 14.3. The molecule has 2 N–H and O–H groups in total. The van der Waals surface area contributed by atoms with Crippen LogP contribution in [0.5, 0.6) is 0 Å². The molecule has 108 valence electrons. The predicted molar refractivity (Wildman–Crippen MR) is 72.3 cm³/mol. The highest BCUT2D eigenvalue weighted by Crippen LogP contribution is 2.24. The highest BCUT2D eigenvalue weighted by Gasteiger charge is 2.33. The van der Waals surface area contributed by atoms with Gasteiger partial charge < -0.3 is 0 Å². The van der Waals surface area contributed by atoms with E-state index >= 15 is 0 Å². The summed E-state index contributed by atoms with van der Waals surface area (Å²) in [4.78, 5) is 0. The van der Waals surface area contributed by atoms with Crippen LogP contribution < -0.4 is 4.72 Å². The van der Waals surface area contributed by atoms with E-state index in [-0.39, 0.29) is 24.3 Å². The lowest BCUT2D eigenvalue weighted by Crippen LogP contribution is -2.36. The number of H-pyrrole nitrogens is 1. The molecule has 19 heavy (non-hydrogen) atoms. The van der Waals surface area contributed by atoms with Crippen LogP contribution >= 0.6 is 0 Å². The SMILES string of the molecule is Cc1n[nH]c(C)c1NS(=O)(=O)C1CCS(=O)(=O)CC1. The molecule has 9 heteroatoms. The summed E-state index contributed by atoms with van der Waals surface area (Å²) in [6, 6.07) is 0. The van der Waals surface area contributed by atoms with Crippen molar-refractivity contribution in [2.75, 3.05) is 16.2 Å². The summed E-state index contributed by atoms with van der Waals surface area (Å²) in [5.74, 6) is -0.135. The molecular weight excluding hydrogens is 290 g/mol. The zero-order valence-electron chi connectivity index (χ0n) is 10.8. The second-order valence-corrected chi connectivity index (χ2v) is 9.07. The average molecular weight is 307 g/mol. The van der Waals surface area contributed by atoms with Crippen molar-refractivity contribution in [1.82, 2.24) is 10.2 Å². The van der Waals surface area contributed by atoms with Gasteiger partial charge in [-0.05, 0) is 26.7 Å². The fourth-order valence-electron chi connectivity index (χ4n) is 2.11. The minimum absolute atomic E-state index is 0.0675. The van der Waals surface area contributed by atoms with E-state index in [1.165, 1.54) is 0 Å². The molecule has 1 aliphatic rings. The third-order valence-electron chi connectivity index (χ3n) is 3.31. The monoisotopic (exact) mass is 307 g/mol. The van der Waals surface area contributed by atoms with Gasteiger partial charge in [0.15, 0.2) is 0 Å². The van der Waals surface area contributed by atoms with Gasteiger partial charge in [0.2, 0.25) is 10.0 Å². The second-order valence-electron chi connectivity index (χ2n) is 4.81. The smallest absolute Gasteiger partial charge is 0.235 e. The van der Waals surface area contributed by atoms with Crippen molar-refractivity contribution in [1.29, 1.82) is 0 Å². The number of nitrogens with one attached hydrogen (secondary N) is 2. The van der Waals surface area contributed by atoms with E-state index in [1.807, 2.05) is 0 Å². The normalized spacial score (nSPS) is 20.3. The second kappa shape index (κ2) is 4.78. The minimum Gasteiger partial charge on any atom is -0.280 e. The van der Waals surface area contributed by atoms with Gasteiger partial charge in [-0.25, -0.2) is 16.8 Å². The van der Waals surface area contributed by atoms with Gasteiger partial charge in [0.25, 0.3) is 0 Å². The van der Waals surface area contributed by atoms with Crippen molar-refractivity contribution in [3.05, 3.63) is 11.4 Å². The maximum absolute atomic E-state index is 12.2. The summed E-state index contributed by atoms with van der Waals surface area (Å²) in [6.45, 7) is 3.43. The van der Waals surface area contributed by atoms with Crippen molar-refractivity contribution in [2.24, 2.45) is 0 Å². The largest absolute Gasteiger partial charge is 0.280 e. The molecule has 0 aliphatic carbocycles. The van der Waals surface area contributed by atoms with Gasteiger partial charge in [0, 0.05) is 0 Å². The molecule has 2 rings (SSSR count). The Labute approximate surface area is 112 Å². The lowest BCUT2D eigenvalue weighted by Gasteiger charge is -2.22. The molecule has 0 unspecified atom stereocenters. The molecule has 1 saturated heterocycles. The Morgan fingerprint density at radius 2 is 1.84 bits per heavy atom. The fourth-order valence-corrected chi connectivity index (χ4v) is 5.50. The van der Waals surface area contributed by atoms with E-state index in [9.17, 15) is 16.8 Å². The van der Waals surface area contributed by atoms with Crippen molar-refractivity contribution in [3.63, 3.8) is 0 Å². The number of aromatic nitrogens is 2. The van der Waals surface area contributed by atoms with Gasteiger partial charge in [-0.1, -0.05) is 0 Å². The maximum atomic E-state index is 12.2. The van der Waals surface area contributed by atoms with Crippen molar-refractivity contribution in [2.45, 2.75) is 31.9 Å². The molecule has 0 aromatic carbocycles. The first-order valence-electron chi connectivity index (χ1n) is 5.95. The van der Waals surface area contributed by atoms with Gasteiger partial charge in [-0.2, -0.15) is 5.10 Å². The maximum Gasteiger partial charge on any atom is 0.235 e. The number of nitrogens with zero attached hydrogens (tertiary/aromatic N) is 1. The summed E-state index contributed by atoms with van der Waals surface area (Å²) in [7, 11) is -6.64. The topological polar surface area (TPSA) is 109 Å². The Balaban J connectivity index is 2.16. The van der Waals surface area contributed by atoms with Crippen LogP contribution in [0.3, 0.4) is 0 Å². The zero-order valence-corrected chi connectivity index (χ0v) is 12.4. The standard InChI is InChI=1S/C10H17N3O4S2/c1-7-10(8(2)12-11-7)13-19(16,17)9-3-5-18(14,15)6-4-9/h9,13H,3-6H2,1-2H3,(H,11,12). The van der Waals surface area contributed by atoms with Gasteiger partial charge >= 0.3 is 0 Å². The molecule has 0 bridgehead atoms. The van der Waals surface area contributed by atoms with Gasteiger partial charge in [-0.15, -0.1) is 0 Å². The Morgan fingerprint density at radius 3 is 2.32 bits per heavy atom. The highest BCUT2D eigenvalue weighted by molar-refractivity contribution is 7.94. The predicted octanol–water partition coefficient (Wildman–Crippen LogP) is 0.345. The number of rotatable bonds is 3. The molecule has 0 saturated carbocycles. The Kier molecular flexibility index (Phi) is 3.61. The fraction of sp³-hybridized carbons (Fsp3) is 0.700.